The molecule has 1 unspecified atom stereocenters. The molecule has 2 aromatic rings. The molecule has 122 valence electrons. The molecule has 1 aromatic heterocycles. The predicted molar refractivity (Wildman–Crippen MR) is 93.0 cm³/mol. The van der Waals surface area contributed by atoms with E-state index >= 15 is 0 Å². The molecule has 23 heavy (non-hydrogen) atoms. The fourth-order valence-electron chi connectivity index (χ4n) is 3.29. The van der Waals surface area contributed by atoms with Gasteiger partial charge < -0.3 is 10.1 Å². The lowest BCUT2D eigenvalue weighted by Crippen LogP contribution is -2.45. The zero-order valence-corrected chi connectivity index (χ0v) is 13.0. The quantitative estimate of drug-likeness (QED) is 0.870. The number of nitrogens with zero attached hydrogens (tertiary/aromatic N) is 2. The number of hydrogen-bond acceptors (Lipinski definition) is 4. The number of nitrogens with one attached hydrogen (secondary N) is 1. The van der Waals surface area contributed by atoms with Gasteiger partial charge in [-0.25, -0.2) is 0 Å². The highest BCUT2D eigenvalue weighted by atomic mass is 35.5. The van der Waals surface area contributed by atoms with Crippen LogP contribution >= 0.6 is 11.6 Å². The van der Waals surface area contributed by atoms with Crippen molar-refractivity contribution in [3.05, 3.63) is 58.4 Å². The second kappa shape index (κ2) is 6.87. The minimum atomic E-state index is 0. The summed E-state index contributed by atoms with van der Waals surface area (Å²) < 4.78 is 6.01. The lowest BCUT2D eigenvalue weighted by atomic mass is 9.97. The number of fused-ring (bicyclic) bond motifs is 2. The van der Waals surface area contributed by atoms with E-state index in [9.17, 15) is 0 Å². The Bertz CT molecular complexity index is 686. The fraction of sp³-hybridized carbons (Fsp3) is 0.389. The van der Waals surface area contributed by atoms with Gasteiger partial charge in [-0.3, -0.25) is 9.88 Å². The van der Waals surface area contributed by atoms with Crippen LogP contribution < -0.4 is 10.1 Å². The number of piperazine rings is 1. The summed E-state index contributed by atoms with van der Waals surface area (Å²) in [6.07, 6.45) is 1.87. The van der Waals surface area contributed by atoms with Gasteiger partial charge in [-0.15, -0.1) is 0 Å². The average molecular weight is 332 g/mol. The molecule has 0 radical (unpaired) electrons. The molecule has 0 aliphatic carbocycles. The van der Waals surface area contributed by atoms with Crippen molar-refractivity contribution < 1.29 is 4.74 Å². The van der Waals surface area contributed by atoms with Crippen LogP contribution in [0.25, 0.3) is 0 Å². The van der Waals surface area contributed by atoms with E-state index < -0.39 is 0 Å². The Morgan fingerprint density at radius 2 is 2.04 bits per heavy atom. The van der Waals surface area contributed by atoms with Crippen LogP contribution in [0.5, 0.6) is 5.75 Å². The van der Waals surface area contributed by atoms with Crippen molar-refractivity contribution in [3.63, 3.8) is 0 Å². The number of hydrogen-bond donors (Lipinski definition) is 1. The van der Waals surface area contributed by atoms with Gasteiger partial charge in [0.05, 0.1) is 11.7 Å². The van der Waals surface area contributed by atoms with Crippen molar-refractivity contribution in [1.82, 2.24) is 15.2 Å². The Morgan fingerprint density at radius 1 is 1.22 bits per heavy atom. The smallest absolute Gasteiger partial charge is 0.126 e. The summed E-state index contributed by atoms with van der Waals surface area (Å²) >= 11 is 6.16. The predicted octanol–water partition coefficient (Wildman–Crippen LogP) is 3.26. The maximum atomic E-state index is 6.16. The number of benzene rings is 1. The fourth-order valence-corrected chi connectivity index (χ4v) is 3.45. The minimum Gasteiger partial charge on any atom is -0.488 e. The zero-order chi connectivity index (χ0) is 14.9. The largest absolute Gasteiger partial charge is 0.488 e. The molecular formula is C18H22ClN3O. The molecule has 0 saturated carbocycles. The molecule has 1 fully saturated rings. The van der Waals surface area contributed by atoms with E-state index in [4.69, 9.17) is 16.3 Å². The summed E-state index contributed by atoms with van der Waals surface area (Å²) in [5.41, 5.74) is 3.41. The monoisotopic (exact) mass is 331 g/mol. The number of rotatable bonds is 1. The molecule has 0 amide bonds. The lowest BCUT2D eigenvalue weighted by molar-refractivity contribution is 0.194. The van der Waals surface area contributed by atoms with Gasteiger partial charge in [-0.05, 0) is 18.2 Å². The molecule has 0 bridgehead atoms. The standard InChI is InChI=1S/C17H18ClN3O.CH4/c18-13-3-4-14-15(10-13)22-11-12-2-1-5-20-16(12)17(14)21-8-6-19-7-9-21;/h1-5,10,17,19H,6-9,11H2;1H4. The Kier molecular flexibility index (Phi) is 4.85. The van der Waals surface area contributed by atoms with E-state index in [1.165, 1.54) is 0 Å². The van der Waals surface area contributed by atoms with Gasteiger partial charge in [0.2, 0.25) is 0 Å². The van der Waals surface area contributed by atoms with Gasteiger partial charge in [-0.2, -0.15) is 0 Å². The minimum absolute atomic E-state index is 0. The van der Waals surface area contributed by atoms with Crippen LogP contribution in [-0.2, 0) is 6.61 Å². The molecule has 2 aliphatic rings. The van der Waals surface area contributed by atoms with Crippen LogP contribution in [0, 0.1) is 0 Å². The highest BCUT2D eigenvalue weighted by Crippen LogP contribution is 2.39. The van der Waals surface area contributed by atoms with E-state index in [-0.39, 0.29) is 13.5 Å². The third kappa shape index (κ3) is 3.07. The van der Waals surface area contributed by atoms with Gasteiger partial charge in [-0.1, -0.05) is 31.2 Å². The molecule has 4 nitrogen and oxygen atoms in total. The molecule has 1 aromatic carbocycles. The topological polar surface area (TPSA) is 37.4 Å². The van der Waals surface area contributed by atoms with E-state index in [0.29, 0.717) is 11.6 Å². The van der Waals surface area contributed by atoms with Crippen LogP contribution in [0.3, 0.4) is 0 Å². The van der Waals surface area contributed by atoms with Gasteiger partial charge >= 0.3 is 0 Å². The molecule has 4 rings (SSSR count). The molecule has 1 atom stereocenters. The summed E-state index contributed by atoms with van der Waals surface area (Å²) in [6.45, 7) is 4.55. The summed E-state index contributed by atoms with van der Waals surface area (Å²) in [5, 5.41) is 4.12. The third-order valence-corrected chi connectivity index (χ3v) is 4.59. The Balaban J connectivity index is 0.00000156. The number of halogens is 1. The van der Waals surface area contributed by atoms with Gasteiger partial charge in [0, 0.05) is 48.5 Å². The number of pyridine rings is 1. The summed E-state index contributed by atoms with van der Waals surface area (Å²) in [7, 11) is 0. The van der Waals surface area contributed by atoms with Crippen molar-refractivity contribution in [2.75, 3.05) is 26.2 Å². The third-order valence-electron chi connectivity index (χ3n) is 4.36. The average Bonchev–Trinajstić information content (AvgIpc) is 2.72. The van der Waals surface area contributed by atoms with Crippen LogP contribution in [-0.4, -0.2) is 36.1 Å². The van der Waals surface area contributed by atoms with E-state index in [0.717, 1.165) is 48.7 Å². The maximum absolute atomic E-state index is 6.16. The first kappa shape index (κ1) is 16.2. The highest BCUT2D eigenvalue weighted by molar-refractivity contribution is 6.30. The van der Waals surface area contributed by atoms with Crippen molar-refractivity contribution in [2.45, 2.75) is 20.1 Å². The van der Waals surface area contributed by atoms with Gasteiger partial charge in [0.25, 0.3) is 0 Å². The van der Waals surface area contributed by atoms with E-state index in [1.54, 1.807) is 0 Å². The van der Waals surface area contributed by atoms with Crippen LogP contribution in [0.15, 0.2) is 36.5 Å². The van der Waals surface area contributed by atoms with Crippen molar-refractivity contribution in [1.29, 1.82) is 0 Å². The number of aromatic nitrogens is 1. The first-order chi connectivity index (χ1) is 10.8. The first-order valence-corrected chi connectivity index (χ1v) is 8.01. The Labute approximate surface area is 142 Å². The van der Waals surface area contributed by atoms with Crippen LogP contribution in [0.4, 0.5) is 0 Å². The normalized spacial score (nSPS) is 20.5. The molecule has 5 heteroatoms. The summed E-state index contributed by atoms with van der Waals surface area (Å²) in [6, 6.07) is 10.1. The molecule has 3 heterocycles. The second-order valence-corrected chi connectivity index (χ2v) is 6.14. The zero-order valence-electron chi connectivity index (χ0n) is 12.3. The molecular weight excluding hydrogens is 310 g/mol. The second-order valence-electron chi connectivity index (χ2n) is 5.71. The summed E-state index contributed by atoms with van der Waals surface area (Å²) in [5.74, 6) is 0.869. The Morgan fingerprint density at radius 3 is 2.87 bits per heavy atom. The molecule has 0 spiro atoms. The molecule has 2 aliphatic heterocycles. The van der Waals surface area contributed by atoms with Crippen LogP contribution in [0.1, 0.15) is 30.3 Å². The lowest BCUT2D eigenvalue weighted by Gasteiger charge is -2.35. The first-order valence-electron chi connectivity index (χ1n) is 7.64. The number of ether oxygens (including phenoxy) is 1. The van der Waals surface area contributed by atoms with Crippen molar-refractivity contribution >= 4 is 11.6 Å². The highest BCUT2D eigenvalue weighted by Gasteiger charge is 2.31. The van der Waals surface area contributed by atoms with Crippen molar-refractivity contribution in [2.24, 2.45) is 0 Å². The van der Waals surface area contributed by atoms with E-state index in [1.807, 2.05) is 24.4 Å². The van der Waals surface area contributed by atoms with Crippen molar-refractivity contribution in [3.8, 4) is 5.75 Å². The molecule has 1 N–H and O–H groups in total. The maximum Gasteiger partial charge on any atom is 0.126 e. The van der Waals surface area contributed by atoms with Gasteiger partial charge in [0.1, 0.15) is 12.4 Å². The van der Waals surface area contributed by atoms with Gasteiger partial charge in [0.15, 0.2) is 0 Å². The molecule has 1 saturated heterocycles. The summed E-state index contributed by atoms with van der Waals surface area (Å²) in [4.78, 5) is 7.16. The SMILES string of the molecule is C.Clc1ccc2c(c1)OCc1cccnc1C2N1CCNCC1. The van der Waals surface area contributed by atoms with Crippen LogP contribution in [0.2, 0.25) is 5.02 Å². The Hall–Kier alpha value is -1.62. The van der Waals surface area contributed by atoms with E-state index in [2.05, 4.69) is 27.3 Å².